The van der Waals surface area contributed by atoms with E-state index >= 15 is 0 Å². The van der Waals surface area contributed by atoms with E-state index in [1.54, 1.807) is 0 Å². The van der Waals surface area contributed by atoms with Gasteiger partial charge in [-0.05, 0) is 32.0 Å². The van der Waals surface area contributed by atoms with Crippen LogP contribution in [0, 0.1) is 0 Å². The molecule has 5 heteroatoms. The first-order chi connectivity index (χ1) is 10.7. The Morgan fingerprint density at radius 2 is 2.27 bits per heavy atom. The van der Waals surface area contributed by atoms with Crippen LogP contribution in [0.1, 0.15) is 18.7 Å². The SMILES string of the molecule is CN(CCOC[C@@H]1CCCO1)Cc1nc2ccccc2n1C. The third-order valence-electron chi connectivity index (χ3n) is 4.24. The molecule has 1 fully saturated rings. The van der Waals surface area contributed by atoms with Gasteiger partial charge < -0.3 is 14.0 Å². The van der Waals surface area contributed by atoms with E-state index in [1.165, 1.54) is 11.9 Å². The number of ether oxygens (including phenoxy) is 2. The summed E-state index contributed by atoms with van der Waals surface area (Å²) in [5, 5.41) is 0. The summed E-state index contributed by atoms with van der Waals surface area (Å²) in [4.78, 5) is 6.95. The van der Waals surface area contributed by atoms with Gasteiger partial charge in [-0.15, -0.1) is 0 Å². The Labute approximate surface area is 131 Å². The molecule has 1 aliphatic heterocycles. The molecule has 0 bridgehead atoms. The Balaban J connectivity index is 1.46. The second-order valence-electron chi connectivity index (χ2n) is 6.02. The van der Waals surface area contributed by atoms with Gasteiger partial charge >= 0.3 is 0 Å². The monoisotopic (exact) mass is 303 g/mol. The molecule has 0 N–H and O–H groups in total. The van der Waals surface area contributed by atoms with Crippen molar-refractivity contribution in [2.45, 2.75) is 25.5 Å². The Kier molecular flexibility index (Phi) is 5.08. The molecule has 3 rings (SSSR count). The van der Waals surface area contributed by atoms with Crippen molar-refractivity contribution >= 4 is 11.0 Å². The standard InChI is InChI=1S/C17H25N3O2/c1-19(9-11-21-13-14-6-5-10-22-14)12-17-18-15-7-3-4-8-16(15)20(17)2/h3-4,7-8,14H,5-6,9-13H2,1-2H3/t14-/m0/s1. The van der Waals surface area contributed by atoms with E-state index in [4.69, 9.17) is 14.5 Å². The van der Waals surface area contributed by atoms with Crippen molar-refractivity contribution in [3.8, 4) is 0 Å². The van der Waals surface area contributed by atoms with E-state index < -0.39 is 0 Å². The van der Waals surface area contributed by atoms with Crippen LogP contribution in [-0.2, 0) is 23.1 Å². The summed E-state index contributed by atoms with van der Waals surface area (Å²) < 4.78 is 13.4. The van der Waals surface area contributed by atoms with E-state index in [2.05, 4.69) is 41.8 Å². The summed E-state index contributed by atoms with van der Waals surface area (Å²) in [6.45, 7) is 4.07. The van der Waals surface area contributed by atoms with Crippen molar-refractivity contribution in [1.29, 1.82) is 0 Å². The average molecular weight is 303 g/mol. The molecule has 120 valence electrons. The first kappa shape index (κ1) is 15.5. The molecule has 0 unspecified atom stereocenters. The fourth-order valence-electron chi connectivity index (χ4n) is 2.87. The first-order valence-corrected chi connectivity index (χ1v) is 8.02. The van der Waals surface area contributed by atoms with Gasteiger partial charge in [-0.1, -0.05) is 12.1 Å². The molecule has 0 aliphatic carbocycles. The highest BCUT2D eigenvalue weighted by atomic mass is 16.5. The third kappa shape index (κ3) is 3.66. The largest absolute Gasteiger partial charge is 0.377 e. The van der Waals surface area contributed by atoms with Crippen LogP contribution in [0.4, 0.5) is 0 Å². The van der Waals surface area contributed by atoms with Crippen LogP contribution in [0.2, 0.25) is 0 Å². The molecular weight excluding hydrogens is 278 g/mol. The second kappa shape index (κ2) is 7.22. The van der Waals surface area contributed by atoms with Gasteiger partial charge in [-0.3, -0.25) is 4.90 Å². The fourth-order valence-corrected chi connectivity index (χ4v) is 2.87. The zero-order valence-electron chi connectivity index (χ0n) is 13.5. The van der Waals surface area contributed by atoms with E-state index in [9.17, 15) is 0 Å². The minimum Gasteiger partial charge on any atom is -0.377 e. The van der Waals surface area contributed by atoms with Crippen molar-refractivity contribution in [2.75, 3.05) is 33.4 Å². The van der Waals surface area contributed by atoms with Crippen LogP contribution in [0.15, 0.2) is 24.3 Å². The maximum atomic E-state index is 5.72. The maximum Gasteiger partial charge on any atom is 0.123 e. The van der Waals surface area contributed by atoms with Crippen molar-refractivity contribution < 1.29 is 9.47 Å². The molecular formula is C17H25N3O2. The molecule has 0 spiro atoms. The quantitative estimate of drug-likeness (QED) is 0.735. The average Bonchev–Trinajstić information content (AvgIpc) is 3.13. The van der Waals surface area contributed by atoms with Gasteiger partial charge in [0.25, 0.3) is 0 Å². The van der Waals surface area contributed by atoms with Gasteiger partial charge in [0, 0.05) is 20.2 Å². The van der Waals surface area contributed by atoms with Crippen LogP contribution < -0.4 is 0 Å². The zero-order valence-corrected chi connectivity index (χ0v) is 13.5. The van der Waals surface area contributed by atoms with Crippen LogP contribution in [0.5, 0.6) is 0 Å². The Morgan fingerprint density at radius 3 is 3.05 bits per heavy atom. The highest BCUT2D eigenvalue weighted by molar-refractivity contribution is 5.75. The summed E-state index contributed by atoms with van der Waals surface area (Å²) in [7, 11) is 4.18. The highest BCUT2D eigenvalue weighted by Gasteiger charge is 2.15. The van der Waals surface area contributed by atoms with Crippen LogP contribution in [0.3, 0.4) is 0 Å². The first-order valence-electron chi connectivity index (χ1n) is 8.02. The number of imidazole rings is 1. The molecule has 0 amide bonds. The van der Waals surface area contributed by atoms with Crippen molar-refractivity contribution in [1.82, 2.24) is 14.5 Å². The smallest absolute Gasteiger partial charge is 0.123 e. The normalized spacial score (nSPS) is 18.6. The van der Waals surface area contributed by atoms with Gasteiger partial charge in [-0.2, -0.15) is 0 Å². The maximum absolute atomic E-state index is 5.72. The highest BCUT2D eigenvalue weighted by Crippen LogP contribution is 2.15. The molecule has 2 aromatic rings. The van der Waals surface area contributed by atoms with Crippen LogP contribution in [-0.4, -0.2) is 54.0 Å². The van der Waals surface area contributed by atoms with E-state index in [1.807, 2.05) is 6.07 Å². The number of aromatic nitrogens is 2. The number of likely N-dealkylation sites (N-methyl/N-ethyl adjacent to an activating group) is 1. The summed E-state index contributed by atoms with van der Waals surface area (Å²) >= 11 is 0. The Morgan fingerprint density at radius 1 is 1.41 bits per heavy atom. The minimum atomic E-state index is 0.310. The summed E-state index contributed by atoms with van der Waals surface area (Å²) in [5.74, 6) is 1.09. The Hall–Kier alpha value is -1.43. The lowest BCUT2D eigenvalue weighted by Crippen LogP contribution is -2.26. The lowest BCUT2D eigenvalue weighted by molar-refractivity contribution is 0.0115. The molecule has 1 saturated heterocycles. The molecule has 22 heavy (non-hydrogen) atoms. The number of aryl methyl sites for hydroxylation is 1. The van der Waals surface area contributed by atoms with Crippen molar-refractivity contribution in [3.05, 3.63) is 30.1 Å². The molecule has 0 saturated carbocycles. The summed E-state index contributed by atoms with van der Waals surface area (Å²) in [5.41, 5.74) is 2.24. The molecule has 5 nitrogen and oxygen atoms in total. The molecule has 1 aromatic heterocycles. The summed E-state index contributed by atoms with van der Waals surface area (Å²) in [6, 6.07) is 8.25. The predicted molar refractivity (Wildman–Crippen MR) is 86.8 cm³/mol. The number of hydrogen-bond acceptors (Lipinski definition) is 4. The molecule has 1 aliphatic rings. The number of benzene rings is 1. The van der Waals surface area contributed by atoms with E-state index in [-0.39, 0.29) is 0 Å². The van der Waals surface area contributed by atoms with E-state index in [0.29, 0.717) is 6.10 Å². The van der Waals surface area contributed by atoms with Crippen molar-refractivity contribution in [2.24, 2.45) is 7.05 Å². The zero-order chi connectivity index (χ0) is 15.4. The number of hydrogen-bond donors (Lipinski definition) is 0. The number of fused-ring (bicyclic) bond motifs is 1. The summed E-state index contributed by atoms with van der Waals surface area (Å²) in [6.07, 6.45) is 2.61. The lowest BCUT2D eigenvalue weighted by atomic mass is 10.2. The van der Waals surface area contributed by atoms with Crippen LogP contribution >= 0.6 is 0 Å². The van der Waals surface area contributed by atoms with Gasteiger partial charge in [-0.25, -0.2) is 4.98 Å². The molecule has 1 aromatic carbocycles. The Bertz CT molecular complexity index is 605. The molecule has 0 radical (unpaired) electrons. The molecule has 1 atom stereocenters. The second-order valence-corrected chi connectivity index (χ2v) is 6.02. The van der Waals surface area contributed by atoms with Gasteiger partial charge in [0.1, 0.15) is 5.82 Å². The van der Waals surface area contributed by atoms with E-state index in [0.717, 1.165) is 50.7 Å². The lowest BCUT2D eigenvalue weighted by Gasteiger charge is -2.17. The number of para-hydroxylation sites is 2. The number of rotatable bonds is 7. The van der Waals surface area contributed by atoms with Gasteiger partial charge in [0.15, 0.2) is 0 Å². The van der Waals surface area contributed by atoms with Gasteiger partial charge in [0.2, 0.25) is 0 Å². The van der Waals surface area contributed by atoms with Gasteiger partial charge in [0.05, 0.1) is 36.9 Å². The van der Waals surface area contributed by atoms with Crippen molar-refractivity contribution in [3.63, 3.8) is 0 Å². The predicted octanol–water partition coefficient (Wildman–Crippen LogP) is 2.20. The minimum absolute atomic E-state index is 0.310. The fraction of sp³-hybridized carbons (Fsp3) is 0.588. The molecule has 2 heterocycles. The third-order valence-corrected chi connectivity index (χ3v) is 4.24. The number of nitrogens with zero attached hydrogens (tertiary/aromatic N) is 3. The topological polar surface area (TPSA) is 39.5 Å². The van der Waals surface area contributed by atoms with Crippen LogP contribution in [0.25, 0.3) is 11.0 Å².